The first-order valence-corrected chi connectivity index (χ1v) is 7.44. The first kappa shape index (κ1) is 12.8. The molecule has 0 bridgehead atoms. The number of benzene rings is 1. The van der Waals surface area contributed by atoms with Gasteiger partial charge in [-0.1, -0.05) is 6.42 Å². The minimum absolute atomic E-state index is 0.00219. The van der Waals surface area contributed by atoms with Crippen molar-refractivity contribution in [1.82, 2.24) is 0 Å². The molecule has 1 spiro atoms. The topological polar surface area (TPSA) is 44.5 Å². The van der Waals surface area contributed by atoms with E-state index in [4.69, 9.17) is 15.2 Å². The van der Waals surface area contributed by atoms with Gasteiger partial charge in [-0.05, 0) is 50.8 Å². The second-order valence-corrected chi connectivity index (χ2v) is 5.79. The Kier molecular flexibility index (Phi) is 3.40. The highest BCUT2D eigenvalue weighted by atomic mass is 16.5. The molecular weight excluding hydrogens is 238 g/mol. The molecule has 1 aliphatic heterocycles. The normalized spacial score (nSPS) is 24.6. The van der Waals surface area contributed by atoms with E-state index < -0.39 is 0 Å². The van der Waals surface area contributed by atoms with Crippen LogP contribution in [0.25, 0.3) is 0 Å². The Balaban J connectivity index is 1.88. The third-order valence-electron chi connectivity index (χ3n) is 4.37. The fourth-order valence-corrected chi connectivity index (χ4v) is 3.45. The van der Waals surface area contributed by atoms with E-state index in [9.17, 15) is 0 Å². The predicted molar refractivity (Wildman–Crippen MR) is 75.6 cm³/mol. The highest BCUT2D eigenvalue weighted by Gasteiger charge is 2.40. The number of fused-ring (bicyclic) bond motifs is 1. The fraction of sp³-hybridized carbons (Fsp3) is 0.625. The summed E-state index contributed by atoms with van der Waals surface area (Å²) in [7, 11) is 0. The van der Waals surface area contributed by atoms with Crippen LogP contribution in [0.2, 0.25) is 0 Å². The first-order valence-electron chi connectivity index (χ1n) is 7.44. The Bertz CT molecular complexity index is 452. The molecule has 2 aliphatic rings. The van der Waals surface area contributed by atoms with Crippen LogP contribution in [-0.2, 0) is 0 Å². The van der Waals surface area contributed by atoms with E-state index >= 15 is 0 Å². The smallest absolute Gasteiger partial charge is 0.125 e. The van der Waals surface area contributed by atoms with Crippen molar-refractivity contribution in [3.05, 3.63) is 23.8 Å². The zero-order valence-corrected chi connectivity index (χ0v) is 11.7. The van der Waals surface area contributed by atoms with Crippen LogP contribution in [0.15, 0.2) is 18.2 Å². The molecule has 0 aromatic heterocycles. The van der Waals surface area contributed by atoms with Crippen LogP contribution in [0.4, 0.5) is 0 Å². The lowest BCUT2D eigenvalue weighted by atomic mass is 9.77. The van der Waals surface area contributed by atoms with Crippen molar-refractivity contribution in [1.29, 1.82) is 0 Å². The van der Waals surface area contributed by atoms with Crippen molar-refractivity contribution in [2.24, 2.45) is 5.73 Å². The maximum absolute atomic E-state index is 6.38. The van der Waals surface area contributed by atoms with Crippen molar-refractivity contribution >= 4 is 0 Å². The number of nitrogens with two attached hydrogens (primary N) is 1. The molecule has 0 amide bonds. The van der Waals surface area contributed by atoms with Gasteiger partial charge in [0.15, 0.2) is 0 Å². The largest absolute Gasteiger partial charge is 0.494 e. The Morgan fingerprint density at radius 1 is 1.32 bits per heavy atom. The maximum atomic E-state index is 6.38. The fourth-order valence-electron chi connectivity index (χ4n) is 3.45. The second kappa shape index (κ2) is 5.04. The summed E-state index contributed by atoms with van der Waals surface area (Å²) in [6, 6.07) is 6.12. The van der Waals surface area contributed by atoms with Crippen molar-refractivity contribution in [2.75, 3.05) is 6.61 Å². The van der Waals surface area contributed by atoms with Crippen LogP contribution in [-0.4, -0.2) is 12.2 Å². The molecule has 1 saturated carbocycles. The molecule has 1 fully saturated rings. The average molecular weight is 261 g/mol. The molecule has 1 aromatic carbocycles. The molecule has 1 atom stereocenters. The van der Waals surface area contributed by atoms with Crippen molar-refractivity contribution in [3.8, 4) is 11.5 Å². The summed E-state index contributed by atoms with van der Waals surface area (Å²) in [5.41, 5.74) is 7.48. The molecule has 3 heteroatoms. The zero-order valence-electron chi connectivity index (χ0n) is 11.7. The lowest BCUT2D eigenvalue weighted by Gasteiger charge is -2.43. The molecule has 0 radical (unpaired) electrons. The van der Waals surface area contributed by atoms with Gasteiger partial charge in [0, 0.05) is 18.0 Å². The minimum Gasteiger partial charge on any atom is -0.494 e. The zero-order chi connectivity index (χ0) is 13.3. The van der Waals surface area contributed by atoms with Gasteiger partial charge >= 0.3 is 0 Å². The van der Waals surface area contributed by atoms with Gasteiger partial charge in [-0.15, -0.1) is 0 Å². The molecule has 2 N–H and O–H groups in total. The van der Waals surface area contributed by atoms with Crippen LogP contribution < -0.4 is 15.2 Å². The summed E-state index contributed by atoms with van der Waals surface area (Å²) in [6.45, 7) is 2.67. The third-order valence-corrected chi connectivity index (χ3v) is 4.37. The average Bonchev–Trinajstić information content (AvgIpc) is 2.41. The number of ether oxygens (including phenoxy) is 2. The summed E-state index contributed by atoms with van der Waals surface area (Å²) in [5.74, 6) is 1.85. The van der Waals surface area contributed by atoms with Crippen molar-refractivity contribution in [3.63, 3.8) is 0 Å². The lowest BCUT2D eigenvalue weighted by Crippen LogP contribution is -2.44. The van der Waals surface area contributed by atoms with Gasteiger partial charge in [0.25, 0.3) is 0 Å². The Morgan fingerprint density at radius 3 is 2.84 bits per heavy atom. The van der Waals surface area contributed by atoms with E-state index in [0.29, 0.717) is 6.61 Å². The Morgan fingerprint density at radius 2 is 2.11 bits per heavy atom. The quantitative estimate of drug-likeness (QED) is 0.885. The molecule has 1 aliphatic carbocycles. The molecule has 1 aromatic rings. The van der Waals surface area contributed by atoms with Gasteiger partial charge in [-0.25, -0.2) is 0 Å². The summed E-state index contributed by atoms with van der Waals surface area (Å²) in [6.07, 6.45) is 7.09. The molecule has 104 valence electrons. The van der Waals surface area contributed by atoms with Gasteiger partial charge in [0.2, 0.25) is 0 Å². The first-order chi connectivity index (χ1) is 9.22. The van der Waals surface area contributed by atoms with E-state index in [1.807, 2.05) is 25.1 Å². The van der Waals surface area contributed by atoms with Gasteiger partial charge in [0.05, 0.1) is 6.61 Å². The van der Waals surface area contributed by atoms with Crippen LogP contribution >= 0.6 is 0 Å². The summed E-state index contributed by atoms with van der Waals surface area (Å²) < 4.78 is 11.9. The van der Waals surface area contributed by atoms with Crippen LogP contribution in [0.5, 0.6) is 11.5 Å². The summed E-state index contributed by atoms with van der Waals surface area (Å²) in [4.78, 5) is 0. The summed E-state index contributed by atoms with van der Waals surface area (Å²) in [5, 5.41) is 0. The molecular formula is C16H23NO2. The van der Waals surface area contributed by atoms with Gasteiger partial charge in [-0.2, -0.15) is 0 Å². The molecule has 3 nitrogen and oxygen atoms in total. The minimum atomic E-state index is -0.00219. The maximum Gasteiger partial charge on any atom is 0.125 e. The second-order valence-electron chi connectivity index (χ2n) is 5.79. The molecule has 1 unspecified atom stereocenters. The van der Waals surface area contributed by atoms with Crippen molar-refractivity contribution in [2.45, 2.75) is 57.1 Å². The standard InChI is InChI=1S/C16H23NO2/c1-2-18-12-6-7-15-13(10-12)14(17)11-16(19-15)8-4-3-5-9-16/h6-7,10,14H,2-5,8-9,11,17H2,1H3. The lowest BCUT2D eigenvalue weighted by molar-refractivity contribution is 0.00182. The Labute approximate surface area is 115 Å². The molecule has 1 heterocycles. The number of rotatable bonds is 2. The molecule has 3 rings (SSSR count). The van der Waals surface area contributed by atoms with E-state index in [1.54, 1.807) is 0 Å². The van der Waals surface area contributed by atoms with Crippen LogP contribution in [0.3, 0.4) is 0 Å². The van der Waals surface area contributed by atoms with E-state index in [0.717, 1.165) is 36.3 Å². The van der Waals surface area contributed by atoms with Gasteiger partial charge < -0.3 is 15.2 Å². The predicted octanol–water partition coefficient (Wildman–Crippen LogP) is 3.57. The third kappa shape index (κ3) is 2.44. The SMILES string of the molecule is CCOc1ccc2c(c1)C(N)CC1(CCCCC1)O2. The van der Waals surface area contributed by atoms with Crippen LogP contribution in [0.1, 0.15) is 57.1 Å². The Hall–Kier alpha value is -1.22. The van der Waals surface area contributed by atoms with Crippen LogP contribution in [0, 0.1) is 0 Å². The highest BCUT2D eigenvalue weighted by molar-refractivity contribution is 5.44. The van der Waals surface area contributed by atoms with E-state index in [1.165, 1.54) is 19.3 Å². The summed E-state index contributed by atoms with van der Waals surface area (Å²) >= 11 is 0. The van der Waals surface area contributed by atoms with E-state index in [2.05, 4.69) is 0 Å². The van der Waals surface area contributed by atoms with Gasteiger partial charge in [0.1, 0.15) is 17.1 Å². The highest BCUT2D eigenvalue weighted by Crippen LogP contribution is 2.46. The van der Waals surface area contributed by atoms with Gasteiger partial charge in [-0.3, -0.25) is 0 Å². The van der Waals surface area contributed by atoms with E-state index in [-0.39, 0.29) is 11.6 Å². The molecule has 0 saturated heterocycles. The number of hydrogen-bond acceptors (Lipinski definition) is 3. The monoisotopic (exact) mass is 261 g/mol. The van der Waals surface area contributed by atoms with Crippen molar-refractivity contribution < 1.29 is 9.47 Å². The number of hydrogen-bond donors (Lipinski definition) is 1. The molecule has 19 heavy (non-hydrogen) atoms.